The van der Waals surface area contributed by atoms with Crippen LogP contribution in [-0.4, -0.2) is 25.4 Å². The number of hydrogen-bond donors (Lipinski definition) is 1. The molecule has 0 spiro atoms. The van der Waals surface area contributed by atoms with Crippen LogP contribution in [0.1, 0.15) is 15.9 Å². The Bertz CT molecular complexity index is 1360. The molecule has 0 aliphatic rings. The van der Waals surface area contributed by atoms with E-state index in [1.807, 2.05) is 59.4 Å². The molecule has 1 N–H and O–H groups in total. The predicted octanol–water partition coefficient (Wildman–Crippen LogP) is 4.54. The number of amides is 1. The maximum absolute atomic E-state index is 12.6. The second kappa shape index (κ2) is 8.69. The van der Waals surface area contributed by atoms with Gasteiger partial charge in [-0.3, -0.25) is 14.3 Å². The molecule has 32 heavy (non-hydrogen) atoms. The average Bonchev–Trinajstić information content (AvgIpc) is 3.28. The van der Waals surface area contributed by atoms with Crippen molar-refractivity contribution < 1.29 is 9.53 Å². The van der Waals surface area contributed by atoms with Gasteiger partial charge < -0.3 is 10.1 Å². The van der Waals surface area contributed by atoms with Crippen LogP contribution in [0.4, 0.5) is 0 Å². The fourth-order valence-corrected chi connectivity index (χ4v) is 3.38. The van der Waals surface area contributed by atoms with Gasteiger partial charge in [0.25, 0.3) is 5.91 Å². The first-order chi connectivity index (χ1) is 15.8. The van der Waals surface area contributed by atoms with Crippen molar-refractivity contribution in [2.45, 2.75) is 6.54 Å². The minimum Gasteiger partial charge on any atom is -0.437 e. The summed E-state index contributed by atoms with van der Waals surface area (Å²) in [6.45, 7) is 0.416. The molecule has 0 atom stereocenters. The number of carbonyl (C=O) groups is 1. The quantitative estimate of drug-likeness (QED) is 0.435. The first-order valence-electron chi connectivity index (χ1n) is 10.1. The number of para-hydroxylation sites is 2. The number of imidazole rings is 1. The fourth-order valence-electron chi connectivity index (χ4n) is 3.38. The van der Waals surface area contributed by atoms with E-state index in [0.717, 1.165) is 22.3 Å². The van der Waals surface area contributed by atoms with Gasteiger partial charge >= 0.3 is 0 Å². The minimum absolute atomic E-state index is 0.181. The molecule has 0 saturated heterocycles. The molecule has 1 amide bonds. The van der Waals surface area contributed by atoms with Crippen LogP contribution < -0.4 is 10.1 Å². The van der Waals surface area contributed by atoms with Crippen LogP contribution in [-0.2, 0) is 6.54 Å². The second-order valence-corrected chi connectivity index (χ2v) is 7.13. The molecule has 5 rings (SSSR count). The van der Waals surface area contributed by atoms with Crippen molar-refractivity contribution in [2.24, 2.45) is 0 Å². The molecule has 0 unspecified atom stereocenters. The molecule has 3 aromatic carbocycles. The zero-order chi connectivity index (χ0) is 21.8. The van der Waals surface area contributed by atoms with Gasteiger partial charge in [-0.15, -0.1) is 0 Å². The van der Waals surface area contributed by atoms with Crippen molar-refractivity contribution in [3.63, 3.8) is 0 Å². The normalized spacial score (nSPS) is 10.8. The smallest absolute Gasteiger partial charge is 0.251 e. The molecule has 0 radical (unpaired) electrons. The lowest BCUT2D eigenvalue weighted by Crippen LogP contribution is -2.22. The van der Waals surface area contributed by atoms with Gasteiger partial charge in [0.15, 0.2) is 0 Å². The SMILES string of the molecule is O=C(NCc1ccc(-n2cnc3ccccc32)cc1)c1cccc(Oc2cnccn2)c1. The van der Waals surface area contributed by atoms with Crippen molar-refractivity contribution in [3.8, 4) is 17.3 Å². The summed E-state index contributed by atoms with van der Waals surface area (Å²) in [6, 6.07) is 23.0. The van der Waals surface area contributed by atoms with Crippen molar-refractivity contribution in [2.75, 3.05) is 0 Å². The number of nitrogens with zero attached hydrogens (tertiary/aromatic N) is 4. The lowest BCUT2D eigenvalue weighted by molar-refractivity contribution is 0.0950. The van der Waals surface area contributed by atoms with Crippen molar-refractivity contribution >= 4 is 16.9 Å². The maximum Gasteiger partial charge on any atom is 0.251 e. The fraction of sp³-hybridized carbons (Fsp3) is 0.0400. The Hall–Kier alpha value is -4.52. The van der Waals surface area contributed by atoms with E-state index >= 15 is 0 Å². The molecule has 5 aromatic rings. The molecule has 156 valence electrons. The summed E-state index contributed by atoms with van der Waals surface area (Å²) in [4.78, 5) is 25.1. The van der Waals surface area contributed by atoms with Crippen LogP contribution in [0.25, 0.3) is 16.7 Å². The standard InChI is InChI=1S/C25H19N5O2/c31-25(19-4-3-5-21(14-19)32-24-16-26-12-13-27-24)28-15-18-8-10-20(11-9-18)30-17-29-22-6-1-2-7-23(22)30/h1-14,16-17H,15H2,(H,28,31). The largest absolute Gasteiger partial charge is 0.437 e. The molecule has 7 heteroatoms. The molecule has 0 aliphatic carbocycles. The van der Waals surface area contributed by atoms with E-state index in [9.17, 15) is 4.79 Å². The van der Waals surface area contributed by atoms with Crippen molar-refractivity contribution in [1.29, 1.82) is 0 Å². The van der Waals surface area contributed by atoms with E-state index in [-0.39, 0.29) is 5.91 Å². The third kappa shape index (κ3) is 4.17. The lowest BCUT2D eigenvalue weighted by Gasteiger charge is -2.09. The van der Waals surface area contributed by atoms with E-state index in [1.165, 1.54) is 6.20 Å². The molecule has 2 aromatic heterocycles. The molecule has 0 aliphatic heterocycles. The number of ether oxygens (including phenoxy) is 1. The Balaban J connectivity index is 1.24. The minimum atomic E-state index is -0.181. The topological polar surface area (TPSA) is 81.9 Å². The molecule has 0 saturated carbocycles. The number of benzene rings is 3. The van der Waals surface area contributed by atoms with Gasteiger partial charge in [0, 0.05) is 30.2 Å². The Morgan fingerprint density at radius 3 is 2.66 bits per heavy atom. The molecular formula is C25H19N5O2. The van der Waals surface area contributed by atoms with Gasteiger partial charge in [0.05, 0.1) is 17.2 Å². The van der Waals surface area contributed by atoms with E-state index in [4.69, 9.17) is 4.74 Å². The molecule has 7 nitrogen and oxygen atoms in total. The molecule has 0 fully saturated rings. The summed E-state index contributed by atoms with van der Waals surface area (Å²) in [5.74, 6) is 0.713. The number of fused-ring (bicyclic) bond motifs is 1. The third-order valence-corrected chi connectivity index (χ3v) is 4.98. The van der Waals surface area contributed by atoms with Crippen LogP contribution in [0.2, 0.25) is 0 Å². The van der Waals surface area contributed by atoms with E-state index in [2.05, 4.69) is 20.3 Å². The number of carbonyl (C=O) groups excluding carboxylic acids is 1. The summed E-state index contributed by atoms with van der Waals surface area (Å²) < 4.78 is 7.69. The Kier molecular flexibility index (Phi) is 5.28. The zero-order valence-corrected chi connectivity index (χ0v) is 17.1. The number of aromatic nitrogens is 4. The van der Waals surface area contributed by atoms with Gasteiger partial charge in [0.1, 0.15) is 12.1 Å². The monoisotopic (exact) mass is 421 g/mol. The number of nitrogens with one attached hydrogen (secondary N) is 1. The van der Waals surface area contributed by atoms with E-state index in [0.29, 0.717) is 23.7 Å². The average molecular weight is 421 g/mol. The van der Waals surface area contributed by atoms with Gasteiger partial charge in [0.2, 0.25) is 5.88 Å². The highest BCUT2D eigenvalue weighted by molar-refractivity contribution is 5.94. The summed E-state index contributed by atoms with van der Waals surface area (Å²) in [7, 11) is 0. The highest BCUT2D eigenvalue weighted by Crippen LogP contribution is 2.20. The number of rotatable bonds is 6. The molecule has 0 bridgehead atoms. The Morgan fingerprint density at radius 2 is 1.81 bits per heavy atom. The number of hydrogen-bond acceptors (Lipinski definition) is 5. The Labute approximate surface area is 184 Å². The highest BCUT2D eigenvalue weighted by Gasteiger charge is 2.08. The first-order valence-corrected chi connectivity index (χ1v) is 10.1. The van der Waals surface area contributed by atoms with E-state index in [1.54, 1.807) is 36.7 Å². The van der Waals surface area contributed by atoms with Crippen LogP contribution in [0, 0.1) is 0 Å². The Morgan fingerprint density at radius 1 is 0.938 bits per heavy atom. The summed E-state index contributed by atoms with van der Waals surface area (Å²) >= 11 is 0. The predicted molar refractivity (Wildman–Crippen MR) is 121 cm³/mol. The zero-order valence-electron chi connectivity index (χ0n) is 17.1. The van der Waals surface area contributed by atoms with Gasteiger partial charge in [-0.25, -0.2) is 9.97 Å². The summed E-state index contributed by atoms with van der Waals surface area (Å²) in [5, 5.41) is 2.95. The highest BCUT2D eigenvalue weighted by atomic mass is 16.5. The molecular weight excluding hydrogens is 402 g/mol. The third-order valence-electron chi connectivity index (χ3n) is 4.98. The van der Waals surface area contributed by atoms with Crippen LogP contribution in [0.15, 0.2) is 97.7 Å². The maximum atomic E-state index is 12.6. The van der Waals surface area contributed by atoms with Crippen molar-refractivity contribution in [3.05, 3.63) is 109 Å². The van der Waals surface area contributed by atoms with Gasteiger partial charge in [-0.2, -0.15) is 0 Å². The van der Waals surface area contributed by atoms with Crippen LogP contribution >= 0.6 is 0 Å². The summed E-state index contributed by atoms with van der Waals surface area (Å²) in [6.07, 6.45) is 6.45. The van der Waals surface area contributed by atoms with Crippen molar-refractivity contribution in [1.82, 2.24) is 24.8 Å². The van der Waals surface area contributed by atoms with Gasteiger partial charge in [-0.05, 0) is 48.0 Å². The lowest BCUT2D eigenvalue weighted by atomic mass is 10.1. The van der Waals surface area contributed by atoms with Crippen LogP contribution in [0.3, 0.4) is 0 Å². The first kappa shape index (κ1) is 19.4. The second-order valence-electron chi connectivity index (χ2n) is 7.13. The van der Waals surface area contributed by atoms with Gasteiger partial charge in [-0.1, -0.05) is 30.3 Å². The van der Waals surface area contributed by atoms with Crippen LogP contribution in [0.5, 0.6) is 11.6 Å². The van der Waals surface area contributed by atoms with E-state index < -0.39 is 0 Å². The summed E-state index contributed by atoms with van der Waals surface area (Å²) in [5.41, 5.74) is 4.53. The molecule has 2 heterocycles.